The fraction of sp³-hybridized carbons (Fsp3) is 0.250. The van der Waals surface area contributed by atoms with Gasteiger partial charge in [-0.25, -0.2) is 18.1 Å². The lowest BCUT2D eigenvalue weighted by molar-refractivity contribution is 0.0927. The number of fused-ring (bicyclic) bond motifs is 1. The molecule has 3 rings (SSSR count). The number of hydrogen-bond acceptors (Lipinski definition) is 5. The average Bonchev–Trinajstić information content (AvgIpc) is 3.27. The van der Waals surface area contributed by atoms with E-state index < -0.39 is 10.0 Å². The van der Waals surface area contributed by atoms with E-state index in [9.17, 15) is 13.2 Å². The standard InChI is InChI=1S/C16H18N4O4S/c1-17-25(22,23)13-3-4-14-12(9-13)10-15(24-14)16(21)19-5-2-7-20-8-6-18-11-20/h3-4,6,8-11,17H,2,5,7H2,1H3,(H,19,21). The zero-order valence-electron chi connectivity index (χ0n) is 13.6. The molecule has 0 bridgehead atoms. The van der Waals surface area contributed by atoms with Crippen LogP contribution in [-0.2, 0) is 16.6 Å². The Balaban J connectivity index is 1.65. The molecule has 2 aromatic heterocycles. The summed E-state index contributed by atoms with van der Waals surface area (Å²) in [7, 11) is -2.19. The van der Waals surface area contributed by atoms with Gasteiger partial charge in [0.05, 0.1) is 11.2 Å². The number of amides is 1. The maximum absolute atomic E-state index is 12.2. The van der Waals surface area contributed by atoms with Crippen molar-refractivity contribution in [1.82, 2.24) is 19.6 Å². The summed E-state index contributed by atoms with van der Waals surface area (Å²) in [5.74, 6) is -0.184. The summed E-state index contributed by atoms with van der Waals surface area (Å²) in [6, 6.07) is 5.98. The number of nitrogens with one attached hydrogen (secondary N) is 2. The van der Waals surface area contributed by atoms with Crippen molar-refractivity contribution in [2.75, 3.05) is 13.6 Å². The molecule has 25 heavy (non-hydrogen) atoms. The van der Waals surface area contributed by atoms with Gasteiger partial charge in [-0.15, -0.1) is 0 Å². The van der Waals surface area contributed by atoms with Gasteiger partial charge in [-0.3, -0.25) is 4.79 Å². The number of imidazole rings is 1. The Kier molecular flexibility index (Phi) is 4.86. The number of benzene rings is 1. The van der Waals surface area contributed by atoms with Crippen molar-refractivity contribution in [3.63, 3.8) is 0 Å². The third kappa shape index (κ3) is 3.89. The van der Waals surface area contributed by atoms with Gasteiger partial charge in [0.2, 0.25) is 10.0 Å². The van der Waals surface area contributed by atoms with Crippen molar-refractivity contribution < 1.29 is 17.6 Å². The Morgan fingerprint density at radius 3 is 2.88 bits per heavy atom. The van der Waals surface area contributed by atoms with Crippen LogP contribution in [-0.4, -0.2) is 37.5 Å². The number of carbonyl (C=O) groups is 1. The lowest BCUT2D eigenvalue weighted by Gasteiger charge is -2.03. The number of hydrogen-bond donors (Lipinski definition) is 2. The molecule has 0 aliphatic rings. The van der Waals surface area contributed by atoms with Gasteiger partial charge in [-0.1, -0.05) is 0 Å². The van der Waals surface area contributed by atoms with Crippen molar-refractivity contribution in [3.8, 4) is 0 Å². The maximum atomic E-state index is 12.2. The summed E-state index contributed by atoms with van der Waals surface area (Å²) in [4.78, 5) is 16.2. The first-order valence-corrected chi connectivity index (χ1v) is 9.19. The van der Waals surface area contributed by atoms with Crippen LogP contribution in [0, 0.1) is 0 Å². The minimum Gasteiger partial charge on any atom is -0.451 e. The summed E-state index contributed by atoms with van der Waals surface area (Å²) in [6.45, 7) is 1.25. The molecule has 9 heteroatoms. The van der Waals surface area contributed by atoms with Gasteiger partial charge in [-0.05, 0) is 37.7 Å². The van der Waals surface area contributed by atoms with Gasteiger partial charge in [0.15, 0.2) is 5.76 Å². The average molecular weight is 362 g/mol. The van der Waals surface area contributed by atoms with Gasteiger partial charge >= 0.3 is 0 Å². The fourth-order valence-electron chi connectivity index (χ4n) is 2.39. The summed E-state index contributed by atoms with van der Waals surface area (Å²) < 4.78 is 33.3. The molecule has 132 valence electrons. The second-order valence-corrected chi connectivity index (χ2v) is 7.31. The molecular weight excluding hydrogens is 344 g/mol. The molecular formula is C16H18N4O4S. The molecule has 2 heterocycles. The Morgan fingerprint density at radius 1 is 1.32 bits per heavy atom. The van der Waals surface area contributed by atoms with Crippen LogP contribution in [0.25, 0.3) is 11.0 Å². The molecule has 1 aromatic carbocycles. The summed E-state index contributed by atoms with van der Waals surface area (Å²) >= 11 is 0. The molecule has 0 atom stereocenters. The van der Waals surface area contributed by atoms with E-state index in [1.165, 1.54) is 31.3 Å². The Labute approximate surface area is 144 Å². The van der Waals surface area contributed by atoms with E-state index in [1.54, 1.807) is 12.5 Å². The lowest BCUT2D eigenvalue weighted by Crippen LogP contribution is -2.24. The van der Waals surface area contributed by atoms with E-state index in [0.29, 0.717) is 17.5 Å². The molecule has 0 saturated heterocycles. The van der Waals surface area contributed by atoms with Crippen LogP contribution in [0.3, 0.4) is 0 Å². The SMILES string of the molecule is CNS(=O)(=O)c1ccc2oc(C(=O)NCCCn3ccnc3)cc2c1. The second-order valence-electron chi connectivity index (χ2n) is 5.43. The molecule has 0 unspecified atom stereocenters. The van der Waals surface area contributed by atoms with E-state index >= 15 is 0 Å². The lowest BCUT2D eigenvalue weighted by atomic mass is 10.2. The third-order valence-electron chi connectivity index (χ3n) is 3.73. The summed E-state index contributed by atoms with van der Waals surface area (Å²) in [6.07, 6.45) is 6.04. The van der Waals surface area contributed by atoms with E-state index in [2.05, 4.69) is 15.0 Å². The summed E-state index contributed by atoms with van der Waals surface area (Å²) in [5.41, 5.74) is 0.457. The van der Waals surface area contributed by atoms with Crippen molar-refractivity contribution in [1.29, 1.82) is 0 Å². The highest BCUT2D eigenvalue weighted by molar-refractivity contribution is 7.89. The van der Waals surface area contributed by atoms with Gasteiger partial charge < -0.3 is 14.3 Å². The number of nitrogens with zero attached hydrogens (tertiary/aromatic N) is 2. The number of sulfonamides is 1. The quantitative estimate of drug-likeness (QED) is 0.617. The molecule has 0 saturated carbocycles. The minimum atomic E-state index is -3.54. The van der Waals surface area contributed by atoms with Crippen LogP contribution in [0.4, 0.5) is 0 Å². The highest BCUT2D eigenvalue weighted by Gasteiger charge is 2.16. The van der Waals surface area contributed by atoms with Gasteiger partial charge in [-0.2, -0.15) is 0 Å². The Morgan fingerprint density at radius 2 is 2.16 bits per heavy atom. The highest BCUT2D eigenvalue weighted by atomic mass is 32.2. The largest absolute Gasteiger partial charge is 0.451 e. The number of rotatable bonds is 7. The smallest absolute Gasteiger partial charge is 0.287 e. The Bertz CT molecular complexity index is 977. The van der Waals surface area contributed by atoms with Crippen molar-refractivity contribution >= 4 is 26.9 Å². The van der Waals surface area contributed by atoms with E-state index in [-0.39, 0.29) is 16.6 Å². The monoisotopic (exact) mass is 362 g/mol. The summed E-state index contributed by atoms with van der Waals surface area (Å²) in [5, 5.41) is 3.34. The van der Waals surface area contributed by atoms with Crippen LogP contribution in [0.15, 0.2) is 52.3 Å². The van der Waals surface area contributed by atoms with Crippen LogP contribution in [0.2, 0.25) is 0 Å². The number of aromatic nitrogens is 2. The number of furan rings is 1. The maximum Gasteiger partial charge on any atom is 0.287 e. The topological polar surface area (TPSA) is 106 Å². The molecule has 0 fully saturated rings. The molecule has 0 spiro atoms. The van der Waals surface area contributed by atoms with Crippen molar-refractivity contribution in [2.45, 2.75) is 17.9 Å². The normalized spacial score (nSPS) is 11.7. The van der Waals surface area contributed by atoms with Gasteiger partial charge in [0, 0.05) is 30.9 Å². The zero-order valence-corrected chi connectivity index (χ0v) is 14.4. The van der Waals surface area contributed by atoms with Crippen LogP contribution in [0.1, 0.15) is 17.0 Å². The molecule has 0 aliphatic carbocycles. The molecule has 3 aromatic rings. The molecule has 2 N–H and O–H groups in total. The number of carbonyl (C=O) groups excluding carboxylic acids is 1. The first kappa shape index (κ1) is 17.2. The van der Waals surface area contributed by atoms with Crippen molar-refractivity contribution in [3.05, 3.63) is 48.7 Å². The van der Waals surface area contributed by atoms with E-state index in [1.807, 2.05) is 10.8 Å². The molecule has 0 aliphatic heterocycles. The third-order valence-corrected chi connectivity index (χ3v) is 5.14. The van der Waals surface area contributed by atoms with Gasteiger partial charge in [0.1, 0.15) is 5.58 Å². The zero-order chi connectivity index (χ0) is 17.9. The van der Waals surface area contributed by atoms with E-state index in [4.69, 9.17) is 4.42 Å². The van der Waals surface area contributed by atoms with Crippen LogP contribution in [0.5, 0.6) is 0 Å². The molecule has 8 nitrogen and oxygen atoms in total. The fourth-order valence-corrected chi connectivity index (χ4v) is 3.15. The van der Waals surface area contributed by atoms with Crippen molar-refractivity contribution in [2.24, 2.45) is 0 Å². The number of aryl methyl sites for hydroxylation is 1. The second kappa shape index (κ2) is 7.08. The first-order chi connectivity index (χ1) is 12.0. The van der Waals surface area contributed by atoms with Crippen LogP contribution < -0.4 is 10.0 Å². The highest BCUT2D eigenvalue weighted by Crippen LogP contribution is 2.22. The first-order valence-electron chi connectivity index (χ1n) is 7.71. The minimum absolute atomic E-state index is 0.121. The predicted molar refractivity (Wildman–Crippen MR) is 91.6 cm³/mol. The van der Waals surface area contributed by atoms with E-state index in [0.717, 1.165) is 13.0 Å². The van der Waals surface area contributed by atoms with Gasteiger partial charge in [0.25, 0.3) is 5.91 Å². The molecule has 0 radical (unpaired) electrons. The Hall–Kier alpha value is -2.65. The molecule has 1 amide bonds. The van der Waals surface area contributed by atoms with Crippen LogP contribution >= 0.6 is 0 Å². The predicted octanol–water partition coefficient (Wildman–Crippen LogP) is 1.36.